The first-order valence-corrected chi connectivity index (χ1v) is 7.87. The third-order valence-corrected chi connectivity index (χ3v) is 4.16. The predicted molar refractivity (Wildman–Crippen MR) is 85.8 cm³/mol. The van der Waals surface area contributed by atoms with Crippen molar-refractivity contribution in [3.63, 3.8) is 0 Å². The van der Waals surface area contributed by atoms with E-state index < -0.39 is 0 Å². The van der Waals surface area contributed by atoms with Gasteiger partial charge in [-0.2, -0.15) is 0 Å². The second kappa shape index (κ2) is 6.79. The van der Waals surface area contributed by atoms with Crippen LogP contribution in [-0.2, 0) is 0 Å². The molecule has 0 aliphatic carbocycles. The van der Waals surface area contributed by atoms with Crippen LogP contribution in [0, 0.1) is 6.92 Å². The number of benzene rings is 1. The van der Waals surface area contributed by atoms with Crippen LogP contribution in [-0.4, -0.2) is 30.4 Å². The zero-order valence-electron chi connectivity index (χ0n) is 12.9. The van der Waals surface area contributed by atoms with Gasteiger partial charge in [0.15, 0.2) is 0 Å². The largest absolute Gasteiger partial charge is 0.465 e. The van der Waals surface area contributed by atoms with E-state index >= 15 is 0 Å². The number of furan rings is 1. The summed E-state index contributed by atoms with van der Waals surface area (Å²) in [5.41, 5.74) is 0.693. The average molecular weight is 298 g/mol. The molecule has 0 spiro atoms. The molecule has 4 nitrogen and oxygen atoms in total. The van der Waals surface area contributed by atoms with Crippen molar-refractivity contribution in [2.24, 2.45) is 0 Å². The van der Waals surface area contributed by atoms with Crippen LogP contribution in [0.1, 0.15) is 40.8 Å². The minimum atomic E-state index is -0.0342. The van der Waals surface area contributed by atoms with Crippen LogP contribution in [0.25, 0.3) is 0 Å². The SMILES string of the molecule is Cc1ccc([C@@H](CNC(=O)c2ccccc2)N2CCCC2)o1. The van der Waals surface area contributed by atoms with Gasteiger partial charge in [0.1, 0.15) is 11.5 Å². The van der Waals surface area contributed by atoms with E-state index in [0.717, 1.165) is 24.6 Å². The summed E-state index contributed by atoms with van der Waals surface area (Å²) in [7, 11) is 0. The Bertz CT molecular complexity index is 615. The lowest BCUT2D eigenvalue weighted by Crippen LogP contribution is -2.36. The van der Waals surface area contributed by atoms with E-state index in [2.05, 4.69) is 10.2 Å². The minimum absolute atomic E-state index is 0.0342. The Hall–Kier alpha value is -2.07. The molecule has 0 unspecified atom stereocenters. The van der Waals surface area contributed by atoms with Gasteiger partial charge in [-0.3, -0.25) is 9.69 Å². The molecule has 1 atom stereocenters. The lowest BCUT2D eigenvalue weighted by Gasteiger charge is -2.26. The number of carbonyl (C=O) groups excluding carboxylic acids is 1. The summed E-state index contributed by atoms with van der Waals surface area (Å²) in [5.74, 6) is 1.81. The van der Waals surface area contributed by atoms with Gasteiger partial charge in [0.2, 0.25) is 0 Å². The first kappa shape index (κ1) is 14.9. The highest BCUT2D eigenvalue weighted by molar-refractivity contribution is 5.94. The molecule has 1 saturated heterocycles. The van der Waals surface area contributed by atoms with E-state index in [9.17, 15) is 4.79 Å². The van der Waals surface area contributed by atoms with Crippen molar-refractivity contribution < 1.29 is 9.21 Å². The predicted octanol–water partition coefficient (Wildman–Crippen LogP) is 3.15. The maximum absolute atomic E-state index is 12.2. The molecule has 1 aliphatic heterocycles. The fourth-order valence-corrected chi connectivity index (χ4v) is 2.98. The van der Waals surface area contributed by atoms with E-state index in [-0.39, 0.29) is 11.9 Å². The number of hydrogen-bond acceptors (Lipinski definition) is 3. The zero-order valence-corrected chi connectivity index (χ0v) is 12.9. The van der Waals surface area contributed by atoms with Gasteiger partial charge in [-0.15, -0.1) is 0 Å². The maximum Gasteiger partial charge on any atom is 0.251 e. The number of carbonyl (C=O) groups is 1. The van der Waals surface area contributed by atoms with Crippen molar-refractivity contribution in [1.82, 2.24) is 10.2 Å². The van der Waals surface area contributed by atoms with Gasteiger partial charge in [0.05, 0.1) is 6.04 Å². The van der Waals surface area contributed by atoms with Gasteiger partial charge in [0.25, 0.3) is 5.91 Å². The summed E-state index contributed by atoms with van der Waals surface area (Å²) < 4.78 is 5.80. The quantitative estimate of drug-likeness (QED) is 0.922. The van der Waals surface area contributed by atoms with Crippen molar-refractivity contribution >= 4 is 5.91 Å². The molecule has 2 aromatic rings. The molecule has 4 heteroatoms. The fraction of sp³-hybridized carbons (Fsp3) is 0.389. The molecule has 0 bridgehead atoms. The molecule has 1 fully saturated rings. The molecule has 0 saturated carbocycles. The van der Waals surface area contributed by atoms with Crippen molar-refractivity contribution in [2.45, 2.75) is 25.8 Å². The Morgan fingerprint density at radius 2 is 1.91 bits per heavy atom. The van der Waals surface area contributed by atoms with Gasteiger partial charge < -0.3 is 9.73 Å². The third kappa shape index (κ3) is 3.39. The lowest BCUT2D eigenvalue weighted by molar-refractivity contribution is 0.0933. The molecular formula is C18H22N2O2. The molecule has 1 aliphatic rings. The summed E-state index contributed by atoms with van der Waals surface area (Å²) in [6.45, 7) is 4.64. The van der Waals surface area contributed by atoms with Crippen molar-refractivity contribution in [3.8, 4) is 0 Å². The van der Waals surface area contributed by atoms with Crippen LogP contribution < -0.4 is 5.32 Å². The van der Waals surface area contributed by atoms with Gasteiger partial charge in [0, 0.05) is 12.1 Å². The van der Waals surface area contributed by atoms with Crippen molar-refractivity contribution in [1.29, 1.82) is 0 Å². The summed E-state index contributed by atoms with van der Waals surface area (Å²) >= 11 is 0. The third-order valence-electron chi connectivity index (χ3n) is 4.16. The van der Waals surface area contributed by atoms with E-state index in [1.807, 2.05) is 49.4 Å². The summed E-state index contributed by atoms with van der Waals surface area (Å²) in [6.07, 6.45) is 2.42. The van der Waals surface area contributed by atoms with E-state index in [1.54, 1.807) is 0 Å². The first-order valence-electron chi connectivity index (χ1n) is 7.87. The van der Waals surface area contributed by atoms with Gasteiger partial charge >= 0.3 is 0 Å². The number of aryl methyl sites for hydroxylation is 1. The van der Waals surface area contributed by atoms with Gasteiger partial charge in [-0.1, -0.05) is 18.2 Å². The van der Waals surface area contributed by atoms with Crippen LogP contribution in [0.15, 0.2) is 46.9 Å². The van der Waals surface area contributed by atoms with Crippen LogP contribution in [0.5, 0.6) is 0 Å². The van der Waals surface area contributed by atoms with Crippen LogP contribution in [0.4, 0.5) is 0 Å². The Labute approximate surface area is 131 Å². The molecule has 22 heavy (non-hydrogen) atoms. The molecule has 1 amide bonds. The highest BCUT2D eigenvalue weighted by Gasteiger charge is 2.26. The normalized spacial score (nSPS) is 16.6. The lowest BCUT2D eigenvalue weighted by atomic mass is 10.1. The fourth-order valence-electron chi connectivity index (χ4n) is 2.98. The Kier molecular flexibility index (Phi) is 4.59. The van der Waals surface area contributed by atoms with Gasteiger partial charge in [-0.05, 0) is 57.1 Å². The molecule has 1 N–H and O–H groups in total. The Morgan fingerprint density at radius 1 is 1.18 bits per heavy atom. The van der Waals surface area contributed by atoms with Crippen LogP contribution in [0.2, 0.25) is 0 Å². The number of likely N-dealkylation sites (tertiary alicyclic amines) is 1. The molecular weight excluding hydrogens is 276 g/mol. The number of hydrogen-bond donors (Lipinski definition) is 1. The highest BCUT2D eigenvalue weighted by atomic mass is 16.3. The molecule has 1 aromatic heterocycles. The highest BCUT2D eigenvalue weighted by Crippen LogP contribution is 2.26. The Morgan fingerprint density at radius 3 is 2.55 bits per heavy atom. The number of nitrogens with one attached hydrogen (secondary N) is 1. The van der Waals surface area contributed by atoms with Crippen molar-refractivity contribution in [3.05, 3.63) is 59.5 Å². The molecule has 0 radical (unpaired) electrons. The Balaban J connectivity index is 1.69. The molecule has 116 valence electrons. The van der Waals surface area contributed by atoms with Gasteiger partial charge in [-0.25, -0.2) is 0 Å². The first-order chi connectivity index (χ1) is 10.7. The summed E-state index contributed by atoms with van der Waals surface area (Å²) in [5, 5.41) is 3.04. The smallest absolute Gasteiger partial charge is 0.251 e. The number of amides is 1. The summed E-state index contributed by atoms with van der Waals surface area (Å²) in [6, 6.07) is 13.4. The molecule has 3 rings (SSSR count). The maximum atomic E-state index is 12.2. The monoisotopic (exact) mass is 298 g/mol. The van der Waals surface area contributed by atoms with Crippen molar-refractivity contribution in [2.75, 3.05) is 19.6 Å². The zero-order chi connectivity index (χ0) is 15.4. The molecule has 2 heterocycles. The second-order valence-corrected chi connectivity index (χ2v) is 5.78. The van der Waals surface area contributed by atoms with E-state index in [0.29, 0.717) is 12.1 Å². The van der Waals surface area contributed by atoms with Crippen LogP contribution in [0.3, 0.4) is 0 Å². The topological polar surface area (TPSA) is 45.5 Å². The van der Waals surface area contributed by atoms with Crippen LogP contribution >= 0.6 is 0 Å². The van der Waals surface area contributed by atoms with E-state index in [4.69, 9.17) is 4.42 Å². The number of nitrogens with zero attached hydrogens (tertiary/aromatic N) is 1. The summed E-state index contributed by atoms with van der Waals surface area (Å²) in [4.78, 5) is 14.6. The average Bonchev–Trinajstić information content (AvgIpc) is 3.21. The number of rotatable bonds is 5. The minimum Gasteiger partial charge on any atom is -0.465 e. The standard InChI is InChI=1S/C18H22N2O2/c1-14-9-10-17(22-14)16(20-11-5-6-12-20)13-19-18(21)15-7-3-2-4-8-15/h2-4,7-10,16H,5-6,11-13H2,1H3,(H,19,21)/t16-/m1/s1. The second-order valence-electron chi connectivity index (χ2n) is 5.78. The van der Waals surface area contributed by atoms with E-state index in [1.165, 1.54) is 12.8 Å². The molecule has 1 aromatic carbocycles.